The van der Waals surface area contributed by atoms with Gasteiger partial charge in [-0.2, -0.15) is 0 Å². The van der Waals surface area contributed by atoms with Crippen LogP contribution in [0.2, 0.25) is 0 Å². The molecule has 2 aliphatic carbocycles. The van der Waals surface area contributed by atoms with Gasteiger partial charge in [0.15, 0.2) is 0 Å². The molecule has 0 bridgehead atoms. The van der Waals surface area contributed by atoms with Gasteiger partial charge in [0.25, 0.3) is 11.8 Å². The molecule has 2 aliphatic rings. The number of carbonyl (C=O) groups excluding carboxylic acids is 2. The maximum absolute atomic E-state index is 14.4. The average molecular weight is 409 g/mol. The Morgan fingerprint density at radius 1 is 1.17 bits per heavy atom. The van der Waals surface area contributed by atoms with Crippen LogP contribution in [0.5, 0.6) is 0 Å². The summed E-state index contributed by atoms with van der Waals surface area (Å²) in [4.78, 5) is 26.5. The highest BCUT2D eigenvalue weighted by Crippen LogP contribution is 2.36. The Morgan fingerprint density at radius 2 is 1.90 bits per heavy atom. The largest absolute Gasteiger partial charge is 0.320 e. The van der Waals surface area contributed by atoms with E-state index in [1.165, 1.54) is 28.5 Å². The van der Waals surface area contributed by atoms with E-state index in [4.69, 9.17) is 0 Å². The minimum Gasteiger partial charge on any atom is -0.320 e. The van der Waals surface area contributed by atoms with Gasteiger partial charge in [0.1, 0.15) is 5.82 Å². The Morgan fingerprint density at radius 3 is 2.60 bits per heavy atom. The van der Waals surface area contributed by atoms with Crippen LogP contribution in [0, 0.1) is 5.82 Å². The Balaban J connectivity index is 1.75. The first-order valence-corrected chi connectivity index (χ1v) is 10.4. The number of rotatable bonds is 5. The van der Waals surface area contributed by atoms with Crippen molar-refractivity contribution in [3.63, 3.8) is 0 Å². The second-order valence-electron chi connectivity index (χ2n) is 8.03. The molecule has 1 N–H and O–H groups in total. The lowest BCUT2D eigenvalue weighted by atomic mass is 9.94. The summed E-state index contributed by atoms with van der Waals surface area (Å²) in [6.45, 7) is 5.43. The summed E-state index contributed by atoms with van der Waals surface area (Å²) >= 11 is 0. The van der Waals surface area contributed by atoms with Crippen molar-refractivity contribution in [3.05, 3.63) is 70.2 Å². The molecule has 0 fully saturated rings. The molecule has 4 nitrogen and oxygen atoms in total. The lowest BCUT2D eigenvalue weighted by Crippen LogP contribution is -2.22. The van der Waals surface area contributed by atoms with Crippen LogP contribution in [0.3, 0.4) is 0 Å². The Bertz CT molecular complexity index is 998. The molecule has 0 atom stereocenters. The van der Waals surface area contributed by atoms with Crippen molar-refractivity contribution in [2.24, 2.45) is 0 Å². The van der Waals surface area contributed by atoms with Gasteiger partial charge in [0.2, 0.25) is 0 Å². The van der Waals surface area contributed by atoms with Gasteiger partial charge >= 0.3 is 0 Å². The number of benzene rings is 1. The molecule has 0 heterocycles. The second kappa shape index (κ2) is 9.24. The molecule has 0 spiro atoms. The number of anilines is 1. The van der Waals surface area contributed by atoms with E-state index in [0.717, 1.165) is 30.4 Å². The highest BCUT2D eigenvalue weighted by Gasteiger charge is 2.23. The molecule has 0 saturated heterocycles. The van der Waals surface area contributed by atoms with Crippen LogP contribution >= 0.6 is 0 Å². The Hall–Kier alpha value is -2.95. The quantitative estimate of drug-likeness (QED) is 0.631. The fourth-order valence-corrected chi connectivity index (χ4v) is 3.90. The summed E-state index contributed by atoms with van der Waals surface area (Å²) in [6, 6.07) is 4.60. The number of carbonyl (C=O) groups is 2. The van der Waals surface area contributed by atoms with Crippen LogP contribution in [0.1, 0.15) is 58.4 Å². The average Bonchev–Trinajstić information content (AvgIpc) is 3.18. The van der Waals surface area contributed by atoms with Crippen molar-refractivity contribution in [1.29, 1.82) is 0 Å². The Kier molecular flexibility index (Phi) is 6.70. The minimum absolute atomic E-state index is 0.0999. The molecule has 2 amide bonds. The topological polar surface area (TPSA) is 49.4 Å². The molecule has 5 heteroatoms. The maximum atomic E-state index is 14.4. The summed E-state index contributed by atoms with van der Waals surface area (Å²) < 4.78 is 14.4. The van der Waals surface area contributed by atoms with Gasteiger partial charge in [-0.05, 0) is 81.7 Å². The van der Waals surface area contributed by atoms with E-state index >= 15 is 0 Å². The number of nitrogens with one attached hydrogen (secondary N) is 1. The highest BCUT2D eigenvalue weighted by atomic mass is 19.1. The highest BCUT2D eigenvalue weighted by molar-refractivity contribution is 6.05. The van der Waals surface area contributed by atoms with Gasteiger partial charge in [-0.15, -0.1) is 0 Å². The summed E-state index contributed by atoms with van der Waals surface area (Å²) in [5.41, 5.74) is 5.66. The third-order valence-electron chi connectivity index (χ3n) is 5.82. The van der Waals surface area contributed by atoms with Gasteiger partial charge in [0, 0.05) is 24.4 Å². The zero-order chi connectivity index (χ0) is 21.8. The van der Waals surface area contributed by atoms with Crippen molar-refractivity contribution >= 4 is 23.1 Å². The zero-order valence-electron chi connectivity index (χ0n) is 18.1. The van der Waals surface area contributed by atoms with Crippen LogP contribution < -0.4 is 5.32 Å². The van der Waals surface area contributed by atoms with Gasteiger partial charge < -0.3 is 10.2 Å². The van der Waals surface area contributed by atoms with Crippen molar-refractivity contribution in [1.82, 2.24) is 4.90 Å². The van der Waals surface area contributed by atoms with Crippen LogP contribution in [0.25, 0.3) is 5.57 Å². The number of amides is 2. The van der Waals surface area contributed by atoms with Gasteiger partial charge in [-0.3, -0.25) is 9.59 Å². The van der Waals surface area contributed by atoms with E-state index < -0.39 is 5.82 Å². The summed E-state index contributed by atoms with van der Waals surface area (Å²) in [5, 5.41) is 2.73. The van der Waals surface area contributed by atoms with E-state index in [-0.39, 0.29) is 17.5 Å². The number of likely N-dealkylation sites (N-methyl/N-ethyl adjacent to an activating group) is 1. The van der Waals surface area contributed by atoms with Gasteiger partial charge in [-0.25, -0.2) is 4.39 Å². The van der Waals surface area contributed by atoms with Crippen LogP contribution in [0.15, 0.2) is 58.8 Å². The number of hydrogen-bond donors (Lipinski definition) is 1. The first-order valence-electron chi connectivity index (χ1n) is 10.4. The SMILES string of the molecule is C/C=C(\C)C(=O)N(C)/C=C(\C)c1ccc(F)c(NC(=O)C2=CC3=C(CCCC3)C2)c1. The predicted octanol–water partition coefficient (Wildman–Crippen LogP) is 5.75. The fourth-order valence-electron chi connectivity index (χ4n) is 3.90. The van der Waals surface area contributed by atoms with Crippen LogP contribution in [0.4, 0.5) is 10.1 Å². The third kappa shape index (κ3) is 4.78. The molecule has 0 aliphatic heterocycles. The predicted molar refractivity (Wildman–Crippen MR) is 119 cm³/mol. The number of hydrogen-bond acceptors (Lipinski definition) is 2. The second-order valence-corrected chi connectivity index (χ2v) is 8.03. The summed E-state index contributed by atoms with van der Waals surface area (Å²) in [5.74, 6) is -0.833. The third-order valence-corrected chi connectivity index (χ3v) is 5.82. The first kappa shape index (κ1) is 21.8. The van der Waals surface area contributed by atoms with E-state index in [9.17, 15) is 14.0 Å². The molecule has 0 saturated carbocycles. The molecule has 0 aromatic heterocycles. The van der Waals surface area contributed by atoms with E-state index in [1.54, 1.807) is 38.4 Å². The zero-order valence-corrected chi connectivity index (χ0v) is 18.1. The maximum Gasteiger partial charge on any atom is 0.252 e. The molecule has 0 radical (unpaired) electrons. The molecule has 0 unspecified atom stereocenters. The van der Waals surface area contributed by atoms with Crippen molar-refractivity contribution < 1.29 is 14.0 Å². The summed E-state index contributed by atoms with van der Waals surface area (Å²) in [6.07, 6.45) is 10.5. The van der Waals surface area contributed by atoms with Gasteiger partial charge in [0.05, 0.1) is 5.69 Å². The summed E-state index contributed by atoms with van der Waals surface area (Å²) in [7, 11) is 1.69. The number of nitrogens with zero attached hydrogens (tertiary/aromatic N) is 1. The molecule has 1 aromatic carbocycles. The van der Waals surface area contributed by atoms with Crippen LogP contribution in [-0.2, 0) is 9.59 Å². The van der Waals surface area contributed by atoms with Crippen LogP contribution in [-0.4, -0.2) is 23.8 Å². The number of halogens is 1. The molecule has 1 aromatic rings. The standard InChI is InChI=1S/C25H29FN2O2/c1-5-16(2)25(30)28(4)15-17(3)18-10-11-22(26)23(14-18)27-24(29)21-12-19-8-6-7-9-20(19)13-21/h5,10-12,14-15H,6-9,13H2,1-4H3,(H,27,29)/b16-5+,17-15+. The molecular weight excluding hydrogens is 379 g/mol. The smallest absolute Gasteiger partial charge is 0.252 e. The minimum atomic E-state index is -0.481. The lowest BCUT2D eigenvalue weighted by molar-refractivity contribution is -0.123. The molecule has 30 heavy (non-hydrogen) atoms. The fraction of sp³-hybridized carbons (Fsp3) is 0.360. The molecular formula is C25H29FN2O2. The van der Waals surface area contributed by atoms with E-state index in [0.29, 0.717) is 17.6 Å². The van der Waals surface area contributed by atoms with Crippen molar-refractivity contribution in [3.8, 4) is 0 Å². The van der Waals surface area contributed by atoms with Crippen molar-refractivity contribution in [2.45, 2.75) is 52.9 Å². The molecule has 3 rings (SSSR count). The first-order chi connectivity index (χ1) is 14.3. The van der Waals surface area contributed by atoms with E-state index in [2.05, 4.69) is 5.32 Å². The normalized spacial score (nSPS) is 16.9. The Labute approximate surface area is 177 Å². The molecule has 158 valence electrons. The van der Waals surface area contributed by atoms with Gasteiger partial charge in [-0.1, -0.05) is 23.8 Å². The van der Waals surface area contributed by atoms with E-state index in [1.807, 2.05) is 19.9 Å². The monoisotopic (exact) mass is 408 g/mol. The number of allylic oxidation sites excluding steroid dienone is 5. The lowest BCUT2D eigenvalue weighted by Gasteiger charge is -2.15. The van der Waals surface area contributed by atoms with Crippen molar-refractivity contribution in [2.75, 3.05) is 12.4 Å².